The first kappa shape index (κ1) is 15.1. The third kappa shape index (κ3) is 5.28. The largest absolute Gasteiger partial charge is 0.494 e. The summed E-state index contributed by atoms with van der Waals surface area (Å²) in [6, 6.07) is 16.7. The maximum absolute atomic E-state index is 11.8. The zero-order chi connectivity index (χ0) is 14.9. The number of benzene rings is 2. The number of hydrogen-bond donors (Lipinski definition) is 2. The summed E-state index contributed by atoms with van der Waals surface area (Å²) >= 11 is 0. The summed E-state index contributed by atoms with van der Waals surface area (Å²) in [6.07, 6.45) is 1.05. The summed E-state index contributed by atoms with van der Waals surface area (Å²) in [7, 11) is 0. The van der Waals surface area contributed by atoms with Gasteiger partial charge in [0.2, 0.25) is 5.91 Å². The van der Waals surface area contributed by atoms with Crippen molar-refractivity contribution in [2.45, 2.75) is 19.4 Å². The smallest absolute Gasteiger partial charge is 0.224 e. The highest BCUT2D eigenvalue weighted by Crippen LogP contribution is 2.12. The molecule has 4 heteroatoms. The molecule has 4 nitrogen and oxygen atoms in total. The van der Waals surface area contributed by atoms with Gasteiger partial charge in [0.1, 0.15) is 5.75 Å². The van der Waals surface area contributed by atoms with E-state index in [2.05, 4.69) is 5.32 Å². The van der Waals surface area contributed by atoms with Crippen LogP contribution in [0.4, 0.5) is 5.69 Å². The lowest BCUT2D eigenvalue weighted by Crippen LogP contribution is -2.13. The van der Waals surface area contributed by atoms with Crippen LogP contribution in [0.15, 0.2) is 54.6 Å². The first-order valence-corrected chi connectivity index (χ1v) is 6.95. The van der Waals surface area contributed by atoms with Crippen LogP contribution in [-0.2, 0) is 11.4 Å². The first-order chi connectivity index (χ1) is 10.3. The van der Waals surface area contributed by atoms with Gasteiger partial charge < -0.3 is 15.2 Å². The number of anilines is 1. The molecule has 0 atom stereocenters. The van der Waals surface area contributed by atoms with Gasteiger partial charge in [0.15, 0.2) is 0 Å². The Morgan fingerprint density at radius 3 is 2.67 bits per heavy atom. The molecule has 0 bridgehead atoms. The molecule has 0 fully saturated rings. The lowest BCUT2D eigenvalue weighted by molar-refractivity contribution is -0.116. The fourth-order valence-corrected chi connectivity index (χ4v) is 1.91. The van der Waals surface area contributed by atoms with Gasteiger partial charge in [-0.2, -0.15) is 0 Å². The summed E-state index contributed by atoms with van der Waals surface area (Å²) in [5, 5.41) is 11.9. The average molecular weight is 285 g/mol. The van der Waals surface area contributed by atoms with E-state index in [0.29, 0.717) is 25.1 Å². The molecular weight excluding hydrogens is 266 g/mol. The van der Waals surface area contributed by atoms with Gasteiger partial charge in [0, 0.05) is 12.1 Å². The molecular formula is C17H19NO3. The number of aliphatic hydroxyl groups is 1. The lowest BCUT2D eigenvalue weighted by Gasteiger charge is -2.07. The van der Waals surface area contributed by atoms with Crippen LogP contribution < -0.4 is 10.1 Å². The maximum atomic E-state index is 11.8. The summed E-state index contributed by atoms with van der Waals surface area (Å²) < 4.78 is 5.53. The van der Waals surface area contributed by atoms with Gasteiger partial charge in [-0.1, -0.05) is 30.3 Å². The highest BCUT2D eigenvalue weighted by molar-refractivity contribution is 5.90. The number of para-hydroxylation sites is 1. The number of ether oxygens (including phenoxy) is 1. The van der Waals surface area contributed by atoms with E-state index in [4.69, 9.17) is 9.84 Å². The number of rotatable bonds is 7. The Morgan fingerprint density at radius 2 is 1.90 bits per heavy atom. The van der Waals surface area contributed by atoms with Crippen LogP contribution in [0.5, 0.6) is 5.75 Å². The number of nitrogens with one attached hydrogen (secondary N) is 1. The number of hydrogen-bond acceptors (Lipinski definition) is 3. The summed E-state index contributed by atoms with van der Waals surface area (Å²) in [4.78, 5) is 11.8. The van der Waals surface area contributed by atoms with Crippen LogP contribution in [0.2, 0.25) is 0 Å². The van der Waals surface area contributed by atoms with Gasteiger partial charge >= 0.3 is 0 Å². The van der Waals surface area contributed by atoms with Crippen LogP contribution in [0.3, 0.4) is 0 Å². The first-order valence-electron chi connectivity index (χ1n) is 6.95. The Morgan fingerprint density at radius 1 is 1.10 bits per heavy atom. The summed E-state index contributed by atoms with van der Waals surface area (Å²) in [5.74, 6) is 0.760. The van der Waals surface area contributed by atoms with E-state index in [9.17, 15) is 4.79 Å². The fraction of sp³-hybridized carbons (Fsp3) is 0.235. The highest BCUT2D eigenvalue weighted by atomic mass is 16.5. The second-order valence-corrected chi connectivity index (χ2v) is 4.67. The molecule has 0 saturated heterocycles. The van der Waals surface area contributed by atoms with Gasteiger partial charge in [-0.25, -0.2) is 0 Å². The topological polar surface area (TPSA) is 58.6 Å². The van der Waals surface area contributed by atoms with Gasteiger partial charge in [0.05, 0.1) is 13.2 Å². The molecule has 0 heterocycles. The van der Waals surface area contributed by atoms with Gasteiger partial charge in [0.25, 0.3) is 0 Å². The fourth-order valence-electron chi connectivity index (χ4n) is 1.91. The molecule has 0 aromatic heterocycles. The van der Waals surface area contributed by atoms with Crippen molar-refractivity contribution in [2.75, 3.05) is 11.9 Å². The quantitative estimate of drug-likeness (QED) is 0.769. The molecule has 0 aliphatic rings. The van der Waals surface area contributed by atoms with Gasteiger partial charge in [-0.3, -0.25) is 4.79 Å². The second-order valence-electron chi connectivity index (χ2n) is 4.67. The third-order valence-corrected chi connectivity index (χ3v) is 2.95. The van der Waals surface area contributed by atoms with Crippen LogP contribution in [-0.4, -0.2) is 17.6 Å². The number of carbonyl (C=O) groups is 1. The normalized spacial score (nSPS) is 10.1. The van der Waals surface area contributed by atoms with Crippen molar-refractivity contribution < 1.29 is 14.6 Å². The minimum Gasteiger partial charge on any atom is -0.494 e. The third-order valence-electron chi connectivity index (χ3n) is 2.95. The summed E-state index contributed by atoms with van der Waals surface area (Å²) in [6.45, 7) is 0.475. The van der Waals surface area contributed by atoms with Gasteiger partial charge in [-0.15, -0.1) is 0 Å². The standard InChI is InChI=1S/C17H19NO3/c19-13-14-6-4-7-15(12-14)18-17(20)10-5-11-21-16-8-2-1-3-9-16/h1-4,6-9,12,19H,5,10-11,13H2,(H,18,20). The van der Waals surface area contributed by atoms with Crippen LogP contribution in [0.1, 0.15) is 18.4 Å². The van der Waals surface area contributed by atoms with E-state index in [-0.39, 0.29) is 12.5 Å². The molecule has 2 aromatic carbocycles. The van der Waals surface area contributed by atoms with E-state index in [1.807, 2.05) is 36.4 Å². The Kier molecular flexibility index (Phi) is 5.79. The molecule has 0 spiro atoms. The molecule has 0 aliphatic carbocycles. The Bertz CT molecular complexity index is 569. The number of carbonyl (C=O) groups excluding carboxylic acids is 1. The van der Waals surface area contributed by atoms with Crippen molar-refractivity contribution in [3.05, 3.63) is 60.2 Å². The Hall–Kier alpha value is -2.33. The molecule has 21 heavy (non-hydrogen) atoms. The van der Waals surface area contributed by atoms with Crippen molar-refractivity contribution in [1.29, 1.82) is 0 Å². The molecule has 1 amide bonds. The molecule has 2 rings (SSSR count). The molecule has 2 N–H and O–H groups in total. The van der Waals surface area contributed by atoms with Crippen molar-refractivity contribution in [1.82, 2.24) is 0 Å². The number of amides is 1. The van der Waals surface area contributed by atoms with Crippen molar-refractivity contribution in [3.63, 3.8) is 0 Å². The zero-order valence-corrected chi connectivity index (χ0v) is 11.8. The van der Waals surface area contributed by atoms with Crippen molar-refractivity contribution in [3.8, 4) is 5.75 Å². The van der Waals surface area contributed by atoms with Crippen molar-refractivity contribution >= 4 is 11.6 Å². The predicted molar refractivity (Wildman–Crippen MR) is 82.2 cm³/mol. The predicted octanol–water partition coefficient (Wildman–Crippen LogP) is 2.98. The molecule has 0 unspecified atom stereocenters. The minimum absolute atomic E-state index is 0.0331. The van der Waals surface area contributed by atoms with E-state index in [1.165, 1.54) is 0 Å². The highest BCUT2D eigenvalue weighted by Gasteiger charge is 2.03. The molecule has 0 saturated carbocycles. The summed E-state index contributed by atoms with van der Waals surface area (Å²) in [5.41, 5.74) is 1.48. The molecule has 2 aromatic rings. The zero-order valence-electron chi connectivity index (χ0n) is 11.8. The molecule has 0 radical (unpaired) electrons. The van der Waals surface area contributed by atoms with E-state index in [0.717, 1.165) is 11.3 Å². The van der Waals surface area contributed by atoms with Crippen LogP contribution >= 0.6 is 0 Å². The molecule has 0 aliphatic heterocycles. The van der Waals surface area contributed by atoms with E-state index in [1.54, 1.807) is 18.2 Å². The maximum Gasteiger partial charge on any atom is 0.224 e. The minimum atomic E-state index is -0.0539. The Balaban J connectivity index is 1.70. The van der Waals surface area contributed by atoms with Crippen molar-refractivity contribution in [2.24, 2.45) is 0 Å². The molecule has 110 valence electrons. The van der Waals surface area contributed by atoms with Crippen LogP contribution in [0.25, 0.3) is 0 Å². The van der Waals surface area contributed by atoms with E-state index < -0.39 is 0 Å². The van der Waals surface area contributed by atoms with Crippen LogP contribution in [0, 0.1) is 0 Å². The second kappa shape index (κ2) is 8.07. The Labute approximate surface area is 124 Å². The average Bonchev–Trinajstić information content (AvgIpc) is 2.53. The number of aliphatic hydroxyl groups excluding tert-OH is 1. The van der Waals surface area contributed by atoms with Gasteiger partial charge in [-0.05, 0) is 36.2 Å². The van der Waals surface area contributed by atoms with E-state index >= 15 is 0 Å². The monoisotopic (exact) mass is 285 g/mol. The lowest BCUT2D eigenvalue weighted by atomic mass is 10.2. The SMILES string of the molecule is O=C(CCCOc1ccccc1)Nc1cccc(CO)c1.